The first kappa shape index (κ1) is 18.9. The van der Waals surface area contributed by atoms with Crippen LogP contribution < -0.4 is 0 Å². The second-order valence-corrected chi connectivity index (χ2v) is 7.83. The van der Waals surface area contributed by atoms with E-state index in [1.807, 2.05) is 13.0 Å². The number of fused-ring (bicyclic) bond motifs is 3. The van der Waals surface area contributed by atoms with Crippen LogP contribution in [0.4, 0.5) is 0 Å². The topological polar surface area (TPSA) is 85.4 Å². The number of allylic oxidation sites excluding steroid dienone is 2. The minimum Gasteiger partial charge on any atom is -0.455 e. The number of aliphatic hydroxyl groups is 1. The van der Waals surface area contributed by atoms with Crippen LogP contribution in [0.15, 0.2) is 35.5 Å². The average Bonchev–Trinajstić information content (AvgIpc) is 3.12. The maximum Gasteiger partial charge on any atom is 0.334 e. The average molecular weight is 362 g/mol. The Hall–Kier alpha value is -1.92. The van der Waals surface area contributed by atoms with E-state index in [4.69, 9.17) is 14.2 Å². The summed E-state index contributed by atoms with van der Waals surface area (Å²) in [5.74, 6) is -1.75. The van der Waals surface area contributed by atoms with E-state index in [1.54, 1.807) is 20.8 Å². The third-order valence-electron chi connectivity index (χ3n) is 5.40. The summed E-state index contributed by atoms with van der Waals surface area (Å²) in [4.78, 5) is 24.4. The molecule has 0 spiro atoms. The Labute approximate surface area is 153 Å². The monoisotopic (exact) mass is 362 g/mol. The lowest BCUT2D eigenvalue weighted by molar-refractivity contribution is -0.153. The molecule has 26 heavy (non-hydrogen) atoms. The molecule has 6 nitrogen and oxygen atoms in total. The standard InChI is InChI=1S/C20H26O6/c1-10(2)9-13(21)24-16-14-12(4)19(23)25-17(14)18-20(5,26-18)8-6-7-11(3)15(16)22/h7,9,14-18,22H,4,6,8H2,1-3,5H3. The molecule has 2 saturated heterocycles. The lowest BCUT2D eigenvalue weighted by Crippen LogP contribution is -2.45. The summed E-state index contributed by atoms with van der Waals surface area (Å²) in [6, 6.07) is 0. The summed E-state index contributed by atoms with van der Waals surface area (Å²) in [6.45, 7) is 11.2. The van der Waals surface area contributed by atoms with Crippen molar-refractivity contribution in [2.75, 3.05) is 0 Å². The van der Waals surface area contributed by atoms with Crippen molar-refractivity contribution in [1.29, 1.82) is 0 Å². The zero-order valence-electron chi connectivity index (χ0n) is 15.7. The highest BCUT2D eigenvalue weighted by atomic mass is 16.6. The van der Waals surface area contributed by atoms with Crippen molar-refractivity contribution in [3.8, 4) is 0 Å². The van der Waals surface area contributed by atoms with Crippen molar-refractivity contribution in [3.05, 3.63) is 35.5 Å². The van der Waals surface area contributed by atoms with Gasteiger partial charge in [-0.1, -0.05) is 18.2 Å². The van der Waals surface area contributed by atoms with Crippen LogP contribution in [0.25, 0.3) is 0 Å². The van der Waals surface area contributed by atoms with Gasteiger partial charge >= 0.3 is 11.9 Å². The Kier molecular flexibility index (Phi) is 4.84. The summed E-state index contributed by atoms with van der Waals surface area (Å²) < 4.78 is 17.0. The number of rotatable bonds is 2. The Morgan fingerprint density at radius 1 is 1.46 bits per heavy atom. The van der Waals surface area contributed by atoms with E-state index >= 15 is 0 Å². The zero-order chi connectivity index (χ0) is 19.2. The molecular weight excluding hydrogens is 336 g/mol. The van der Waals surface area contributed by atoms with Gasteiger partial charge in [-0.15, -0.1) is 0 Å². The first-order chi connectivity index (χ1) is 12.1. The molecule has 0 radical (unpaired) electrons. The number of aliphatic hydroxyl groups excluding tert-OH is 1. The predicted octanol–water partition coefficient (Wildman–Crippen LogP) is 2.22. The molecular formula is C20H26O6. The fourth-order valence-corrected chi connectivity index (χ4v) is 3.82. The largest absolute Gasteiger partial charge is 0.455 e. The highest BCUT2D eigenvalue weighted by Crippen LogP contribution is 2.50. The molecule has 6 unspecified atom stereocenters. The summed E-state index contributed by atoms with van der Waals surface area (Å²) in [5.41, 5.74) is 1.29. The fourth-order valence-electron chi connectivity index (χ4n) is 3.82. The van der Waals surface area contributed by atoms with E-state index in [0.717, 1.165) is 18.4 Å². The van der Waals surface area contributed by atoms with Gasteiger partial charge in [-0.25, -0.2) is 9.59 Å². The van der Waals surface area contributed by atoms with Crippen molar-refractivity contribution in [2.45, 2.75) is 70.6 Å². The predicted molar refractivity (Wildman–Crippen MR) is 94.1 cm³/mol. The number of carbonyl (C=O) groups is 2. The van der Waals surface area contributed by atoms with Crippen LogP contribution in [0.5, 0.6) is 0 Å². The molecule has 0 saturated carbocycles. The molecule has 2 aliphatic heterocycles. The summed E-state index contributed by atoms with van der Waals surface area (Å²) in [6.07, 6.45) is 1.84. The van der Waals surface area contributed by atoms with Crippen LogP contribution in [0.2, 0.25) is 0 Å². The molecule has 1 aliphatic carbocycles. The van der Waals surface area contributed by atoms with Gasteiger partial charge in [0.2, 0.25) is 0 Å². The number of ether oxygens (including phenoxy) is 3. The third-order valence-corrected chi connectivity index (χ3v) is 5.40. The highest BCUT2D eigenvalue weighted by molar-refractivity contribution is 5.91. The smallest absolute Gasteiger partial charge is 0.334 e. The Morgan fingerprint density at radius 2 is 2.15 bits per heavy atom. The SMILES string of the molecule is C=C1C(=O)OC2C1C(OC(=O)C=C(C)C)C(O)C(C)=CCCC1(C)OC21. The molecule has 0 aromatic heterocycles. The third kappa shape index (κ3) is 3.35. The quantitative estimate of drug-likeness (QED) is 0.351. The van der Waals surface area contributed by atoms with Crippen LogP contribution in [0.1, 0.15) is 40.5 Å². The summed E-state index contributed by atoms with van der Waals surface area (Å²) in [7, 11) is 0. The van der Waals surface area contributed by atoms with Gasteiger partial charge in [-0.05, 0) is 46.1 Å². The Bertz CT molecular complexity index is 701. The summed E-state index contributed by atoms with van der Waals surface area (Å²) in [5, 5.41) is 10.8. The fraction of sp³-hybridized carbons (Fsp3) is 0.600. The molecule has 0 bridgehead atoms. The molecule has 1 N–H and O–H groups in total. The second kappa shape index (κ2) is 6.67. The minimum absolute atomic E-state index is 0.204. The van der Waals surface area contributed by atoms with Crippen LogP contribution in [-0.2, 0) is 23.8 Å². The molecule has 3 rings (SSSR count). The van der Waals surface area contributed by atoms with Gasteiger partial charge in [0.05, 0.1) is 11.5 Å². The van der Waals surface area contributed by atoms with Gasteiger partial charge in [0, 0.05) is 11.6 Å². The lowest BCUT2D eigenvalue weighted by atomic mass is 9.81. The Morgan fingerprint density at radius 3 is 2.81 bits per heavy atom. The number of epoxide rings is 1. The highest BCUT2D eigenvalue weighted by Gasteiger charge is 2.64. The van der Waals surface area contributed by atoms with E-state index in [0.29, 0.717) is 5.57 Å². The number of hydrogen-bond acceptors (Lipinski definition) is 6. The van der Waals surface area contributed by atoms with E-state index in [9.17, 15) is 14.7 Å². The number of esters is 2. The molecule has 142 valence electrons. The molecule has 6 heteroatoms. The maximum absolute atomic E-state index is 12.2. The van der Waals surface area contributed by atoms with E-state index in [1.165, 1.54) is 6.08 Å². The van der Waals surface area contributed by atoms with Crippen LogP contribution in [0.3, 0.4) is 0 Å². The normalized spacial score (nSPS) is 39.1. The van der Waals surface area contributed by atoms with Crippen LogP contribution >= 0.6 is 0 Å². The molecule has 2 fully saturated rings. The van der Waals surface area contributed by atoms with E-state index in [2.05, 4.69) is 6.58 Å². The Balaban J connectivity index is 1.99. The van der Waals surface area contributed by atoms with Gasteiger partial charge in [0.25, 0.3) is 0 Å². The molecule has 6 atom stereocenters. The van der Waals surface area contributed by atoms with Crippen molar-refractivity contribution in [1.82, 2.24) is 0 Å². The summed E-state index contributed by atoms with van der Waals surface area (Å²) >= 11 is 0. The van der Waals surface area contributed by atoms with Crippen molar-refractivity contribution < 1.29 is 28.9 Å². The lowest BCUT2D eigenvalue weighted by Gasteiger charge is -2.31. The van der Waals surface area contributed by atoms with Crippen molar-refractivity contribution in [2.24, 2.45) is 5.92 Å². The van der Waals surface area contributed by atoms with Gasteiger partial charge < -0.3 is 19.3 Å². The van der Waals surface area contributed by atoms with Gasteiger partial charge in [0.1, 0.15) is 24.4 Å². The first-order valence-electron chi connectivity index (χ1n) is 8.92. The van der Waals surface area contributed by atoms with Crippen molar-refractivity contribution >= 4 is 11.9 Å². The number of hydrogen-bond donors (Lipinski definition) is 1. The molecule has 0 amide bonds. The van der Waals surface area contributed by atoms with E-state index in [-0.39, 0.29) is 17.3 Å². The second-order valence-electron chi connectivity index (χ2n) is 7.83. The number of carbonyl (C=O) groups excluding carboxylic acids is 2. The first-order valence-corrected chi connectivity index (χ1v) is 8.92. The minimum atomic E-state index is -1.05. The molecule has 0 aromatic carbocycles. The van der Waals surface area contributed by atoms with Crippen LogP contribution in [0, 0.1) is 5.92 Å². The van der Waals surface area contributed by atoms with Gasteiger partial charge in [-0.2, -0.15) is 0 Å². The maximum atomic E-state index is 12.2. The van der Waals surface area contributed by atoms with E-state index < -0.39 is 36.2 Å². The van der Waals surface area contributed by atoms with Gasteiger partial charge in [0.15, 0.2) is 0 Å². The van der Waals surface area contributed by atoms with Crippen LogP contribution in [-0.4, -0.2) is 47.1 Å². The van der Waals surface area contributed by atoms with Crippen molar-refractivity contribution in [3.63, 3.8) is 0 Å². The van der Waals surface area contributed by atoms with Gasteiger partial charge in [-0.3, -0.25) is 0 Å². The zero-order valence-corrected chi connectivity index (χ0v) is 15.7. The molecule has 2 heterocycles. The molecule has 0 aromatic rings. The molecule has 3 aliphatic rings.